The van der Waals surface area contributed by atoms with Crippen LogP contribution in [0.4, 0.5) is 5.69 Å². The summed E-state index contributed by atoms with van der Waals surface area (Å²) in [5.74, 6) is 2.92. The molecule has 134 valence electrons. The van der Waals surface area contributed by atoms with Crippen molar-refractivity contribution in [3.8, 4) is 17.2 Å². The summed E-state index contributed by atoms with van der Waals surface area (Å²) >= 11 is 7.26. The minimum Gasteiger partial charge on any atom is -1.00 e. The summed E-state index contributed by atoms with van der Waals surface area (Å²) in [6.07, 6.45) is 0. The summed E-state index contributed by atoms with van der Waals surface area (Å²) in [4.78, 5) is 4.37. The standard InChI is InChI=1S/C17H17ClN2O3S.ClH/c18-12-1-4-14(5-2-12)21-9-10-24-17(19)20-13-3-6-15-16(11-13)23-8-7-22-15;/h1-6,11H,7-10H2,(H2,19,20);1H/p-1. The number of halogens is 2. The van der Waals surface area contributed by atoms with E-state index in [4.69, 9.17) is 31.5 Å². The highest BCUT2D eigenvalue weighted by Crippen LogP contribution is 2.33. The van der Waals surface area contributed by atoms with Gasteiger partial charge in [0, 0.05) is 16.8 Å². The van der Waals surface area contributed by atoms with E-state index in [1.807, 2.05) is 30.3 Å². The molecule has 1 aliphatic heterocycles. The van der Waals surface area contributed by atoms with E-state index in [0.717, 1.165) is 17.2 Å². The lowest BCUT2D eigenvalue weighted by molar-refractivity contribution is -0.00000587. The van der Waals surface area contributed by atoms with Crippen LogP contribution in [0.3, 0.4) is 0 Å². The number of ether oxygens (including phenoxy) is 3. The molecular weight excluding hydrogens is 383 g/mol. The maximum absolute atomic E-state index is 5.95. The number of nitrogens with two attached hydrogens (primary N) is 1. The minimum absolute atomic E-state index is 0. The summed E-state index contributed by atoms with van der Waals surface area (Å²) < 4.78 is 16.6. The number of hydrogen-bond donors (Lipinski definition) is 1. The molecule has 0 aromatic heterocycles. The molecule has 0 amide bonds. The topological polar surface area (TPSA) is 66.1 Å². The molecule has 8 heteroatoms. The first-order chi connectivity index (χ1) is 11.7. The summed E-state index contributed by atoms with van der Waals surface area (Å²) in [5.41, 5.74) is 6.69. The molecule has 0 radical (unpaired) electrons. The third kappa shape index (κ3) is 5.92. The summed E-state index contributed by atoms with van der Waals surface area (Å²) in [6, 6.07) is 12.8. The number of aliphatic imine (C=N–C) groups is 1. The van der Waals surface area contributed by atoms with Gasteiger partial charge in [-0.05, 0) is 36.4 Å². The second-order valence-corrected chi connectivity index (χ2v) is 6.48. The molecule has 0 saturated heterocycles. The van der Waals surface area contributed by atoms with Crippen LogP contribution in [0.25, 0.3) is 0 Å². The molecule has 1 aliphatic rings. The van der Waals surface area contributed by atoms with Gasteiger partial charge in [0.05, 0.1) is 12.3 Å². The highest BCUT2D eigenvalue weighted by atomic mass is 35.5. The van der Waals surface area contributed by atoms with Crippen molar-refractivity contribution in [2.45, 2.75) is 0 Å². The molecule has 0 atom stereocenters. The van der Waals surface area contributed by atoms with Gasteiger partial charge in [-0.25, -0.2) is 4.99 Å². The maximum Gasteiger partial charge on any atom is 0.163 e. The Balaban J connectivity index is 0.00000225. The highest BCUT2D eigenvalue weighted by molar-refractivity contribution is 8.13. The van der Waals surface area contributed by atoms with Crippen LogP contribution < -0.4 is 32.4 Å². The number of hydrogen-bond acceptors (Lipinski definition) is 5. The number of fused-ring (bicyclic) bond motifs is 1. The first kappa shape index (κ1) is 19.6. The van der Waals surface area contributed by atoms with Gasteiger partial charge in [0.15, 0.2) is 16.7 Å². The smallest absolute Gasteiger partial charge is 0.163 e. The Morgan fingerprint density at radius 1 is 1.12 bits per heavy atom. The molecule has 2 aromatic rings. The van der Waals surface area contributed by atoms with Crippen LogP contribution in [-0.4, -0.2) is 30.7 Å². The quantitative estimate of drug-likeness (QED) is 0.459. The number of amidine groups is 1. The lowest BCUT2D eigenvalue weighted by atomic mass is 10.2. The van der Waals surface area contributed by atoms with Gasteiger partial charge in [0.25, 0.3) is 0 Å². The van der Waals surface area contributed by atoms with E-state index in [9.17, 15) is 0 Å². The lowest BCUT2D eigenvalue weighted by Crippen LogP contribution is -3.00. The molecule has 0 bridgehead atoms. The van der Waals surface area contributed by atoms with Gasteiger partial charge in [-0.2, -0.15) is 0 Å². The predicted molar refractivity (Wildman–Crippen MR) is 98.1 cm³/mol. The fourth-order valence-electron chi connectivity index (χ4n) is 2.10. The Kier molecular flexibility index (Phi) is 7.55. The van der Waals surface area contributed by atoms with Crippen LogP contribution >= 0.6 is 23.4 Å². The van der Waals surface area contributed by atoms with E-state index in [1.165, 1.54) is 11.8 Å². The Hall–Kier alpha value is -1.76. The largest absolute Gasteiger partial charge is 1.00 e. The van der Waals surface area contributed by atoms with Crippen LogP contribution in [0.15, 0.2) is 47.5 Å². The van der Waals surface area contributed by atoms with E-state index in [-0.39, 0.29) is 12.4 Å². The highest BCUT2D eigenvalue weighted by Gasteiger charge is 2.11. The van der Waals surface area contributed by atoms with Crippen LogP contribution in [0, 0.1) is 0 Å². The van der Waals surface area contributed by atoms with E-state index in [0.29, 0.717) is 41.5 Å². The summed E-state index contributed by atoms with van der Waals surface area (Å²) in [6.45, 7) is 1.65. The number of nitrogens with zero attached hydrogens (tertiary/aromatic N) is 1. The number of benzene rings is 2. The molecule has 2 aromatic carbocycles. The van der Waals surface area contributed by atoms with Crippen molar-refractivity contribution in [2.24, 2.45) is 10.7 Å². The Labute approximate surface area is 161 Å². The van der Waals surface area contributed by atoms with Gasteiger partial charge in [0.1, 0.15) is 19.0 Å². The average Bonchev–Trinajstić information content (AvgIpc) is 2.60. The molecule has 0 aliphatic carbocycles. The molecule has 25 heavy (non-hydrogen) atoms. The van der Waals surface area contributed by atoms with Crippen LogP contribution in [0.5, 0.6) is 17.2 Å². The zero-order valence-corrected chi connectivity index (χ0v) is 15.6. The molecule has 1 heterocycles. The average molecular weight is 400 g/mol. The summed E-state index contributed by atoms with van der Waals surface area (Å²) in [7, 11) is 0. The molecular formula is C17H17Cl2N2O3S-. The molecule has 0 fully saturated rings. The van der Waals surface area contributed by atoms with E-state index in [2.05, 4.69) is 4.99 Å². The van der Waals surface area contributed by atoms with Crippen molar-refractivity contribution in [1.29, 1.82) is 0 Å². The van der Waals surface area contributed by atoms with Crippen LogP contribution in [-0.2, 0) is 0 Å². The van der Waals surface area contributed by atoms with Crippen LogP contribution in [0.2, 0.25) is 5.02 Å². The first-order valence-electron chi connectivity index (χ1n) is 7.46. The maximum atomic E-state index is 5.95. The van der Waals surface area contributed by atoms with Gasteiger partial charge < -0.3 is 32.4 Å². The third-order valence-electron chi connectivity index (χ3n) is 3.18. The predicted octanol–water partition coefficient (Wildman–Crippen LogP) is 0.874. The molecule has 2 N–H and O–H groups in total. The molecule has 3 rings (SSSR count). The minimum atomic E-state index is 0. The zero-order valence-electron chi connectivity index (χ0n) is 13.3. The van der Waals surface area contributed by atoms with Gasteiger partial charge in [0.2, 0.25) is 0 Å². The normalized spacial score (nSPS) is 13.1. The van der Waals surface area contributed by atoms with Gasteiger partial charge in [-0.15, -0.1) is 0 Å². The van der Waals surface area contributed by atoms with Gasteiger partial charge >= 0.3 is 0 Å². The second-order valence-electron chi connectivity index (χ2n) is 4.93. The van der Waals surface area contributed by atoms with E-state index >= 15 is 0 Å². The van der Waals surface area contributed by atoms with Gasteiger partial charge in [-0.1, -0.05) is 23.4 Å². The Bertz CT molecular complexity index is 726. The van der Waals surface area contributed by atoms with Crippen molar-refractivity contribution < 1.29 is 26.6 Å². The first-order valence-corrected chi connectivity index (χ1v) is 8.82. The second kappa shape index (κ2) is 9.65. The van der Waals surface area contributed by atoms with Crippen molar-refractivity contribution in [2.75, 3.05) is 25.6 Å². The molecule has 0 saturated carbocycles. The fraction of sp³-hybridized carbons (Fsp3) is 0.235. The monoisotopic (exact) mass is 399 g/mol. The zero-order chi connectivity index (χ0) is 16.8. The Morgan fingerprint density at radius 2 is 1.84 bits per heavy atom. The van der Waals surface area contributed by atoms with E-state index < -0.39 is 0 Å². The molecule has 0 spiro atoms. The van der Waals surface area contributed by atoms with Crippen molar-refractivity contribution in [3.63, 3.8) is 0 Å². The third-order valence-corrected chi connectivity index (χ3v) is 4.19. The molecule has 0 unspecified atom stereocenters. The van der Waals surface area contributed by atoms with Crippen molar-refractivity contribution >= 4 is 34.2 Å². The van der Waals surface area contributed by atoms with Gasteiger partial charge in [-0.3, -0.25) is 0 Å². The summed E-state index contributed by atoms with van der Waals surface area (Å²) in [5, 5.41) is 1.17. The molecule has 5 nitrogen and oxygen atoms in total. The van der Waals surface area contributed by atoms with Crippen LogP contribution in [0.1, 0.15) is 0 Å². The van der Waals surface area contributed by atoms with E-state index in [1.54, 1.807) is 12.1 Å². The number of rotatable bonds is 5. The number of thioether (sulfide) groups is 1. The lowest BCUT2D eigenvalue weighted by Gasteiger charge is -2.18. The SMILES string of the molecule is NC(=Nc1ccc2c(c1)OCCO2)SCCOc1ccc(Cl)cc1.[Cl-]. The Morgan fingerprint density at radius 3 is 2.60 bits per heavy atom. The fourth-order valence-corrected chi connectivity index (χ4v) is 2.77. The van der Waals surface area contributed by atoms with Crippen molar-refractivity contribution in [1.82, 2.24) is 0 Å². The van der Waals surface area contributed by atoms with Crippen molar-refractivity contribution in [3.05, 3.63) is 47.5 Å².